The van der Waals surface area contributed by atoms with E-state index in [9.17, 15) is 31.1 Å². The van der Waals surface area contributed by atoms with Crippen LogP contribution >= 0.6 is 0 Å². The first kappa shape index (κ1) is 18.3. The minimum absolute atomic E-state index is 0.0437. The van der Waals surface area contributed by atoms with Crippen LogP contribution in [0.25, 0.3) is 0 Å². The molecule has 1 aromatic carbocycles. The summed E-state index contributed by atoms with van der Waals surface area (Å²) in [5.41, 5.74) is -4.81. The van der Waals surface area contributed by atoms with Crippen molar-refractivity contribution in [3.63, 3.8) is 0 Å². The lowest BCUT2D eigenvalue weighted by molar-refractivity contribution is -0.143. The van der Waals surface area contributed by atoms with E-state index in [1.54, 1.807) is 0 Å². The van der Waals surface area contributed by atoms with Gasteiger partial charge >= 0.3 is 12.4 Å². The van der Waals surface area contributed by atoms with Gasteiger partial charge in [-0.2, -0.15) is 26.3 Å². The molecule has 1 N–H and O–H groups in total. The molecule has 22 heavy (non-hydrogen) atoms. The number of rotatable bonds is 1. The van der Waals surface area contributed by atoms with Crippen LogP contribution in [0, 0.1) is 12.3 Å². The monoisotopic (exact) mass is 327 g/mol. The molecule has 0 aliphatic carbocycles. The zero-order valence-electron chi connectivity index (χ0n) is 12.3. The first-order chi connectivity index (χ1) is 9.64. The number of carbonyl (C=O) groups is 1. The predicted octanol–water partition coefficient (Wildman–Crippen LogP) is 5.02. The largest absolute Gasteiger partial charge is 0.416 e. The fraction of sp³-hybridized carbons (Fsp3) is 0.500. The Morgan fingerprint density at radius 1 is 0.955 bits per heavy atom. The van der Waals surface area contributed by atoms with Crippen molar-refractivity contribution < 1.29 is 31.1 Å². The molecular formula is C14H15F6NO. The van der Waals surface area contributed by atoms with Crippen LogP contribution < -0.4 is 5.32 Å². The number of benzene rings is 1. The summed E-state index contributed by atoms with van der Waals surface area (Å²) >= 11 is 0. The minimum atomic E-state index is -4.95. The van der Waals surface area contributed by atoms with Gasteiger partial charge in [-0.15, -0.1) is 0 Å². The van der Waals surface area contributed by atoms with E-state index >= 15 is 0 Å². The highest BCUT2D eigenvalue weighted by Crippen LogP contribution is 2.40. The zero-order chi connectivity index (χ0) is 17.5. The molecule has 0 atom stereocenters. The number of halogens is 6. The standard InChI is InChI=1S/C14H15F6NO/c1-7-9(14(18,19)20)5-8(13(15,16)17)6-10(7)21-11(22)12(2,3)4/h5-6H,1-4H3,(H,21,22). The van der Waals surface area contributed by atoms with Gasteiger partial charge in [-0.3, -0.25) is 4.79 Å². The topological polar surface area (TPSA) is 29.1 Å². The summed E-state index contributed by atoms with van der Waals surface area (Å²) in [5.74, 6) is -0.678. The van der Waals surface area contributed by atoms with Crippen molar-refractivity contribution in [2.75, 3.05) is 5.32 Å². The van der Waals surface area contributed by atoms with Crippen molar-refractivity contribution in [2.45, 2.75) is 40.0 Å². The number of anilines is 1. The smallest absolute Gasteiger partial charge is 0.325 e. The Hall–Kier alpha value is -1.73. The van der Waals surface area contributed by atoms with E-state index in [1.807, 2.05) is 0 Å². The summed E-state index contributed by atoms with van der Waals surface area (Å²) in [7, 11) is 0. The van der Waals surface area contributed by atoms with Crippen molar-refractivity contribution in [1.29, 1.82) is 0 Å². The molecule has 0 saturated carbocycles. The molecule has 0 aromatic heterocycles. The van der Waals surface area contributed by atoms with Crippen molar-refractivity contribution in [3.05, 3.63) is 28.8 Å². The number of alkyl halides is 6. The number of nitrogens with one attached hydrogen (secondary N) is 1. The Balaban J connectivity index is 3.47. The maximum Gasteiger partial charge on any atom is 0.416 e. The number of hydrogen-bond acceptors (Lipinski definition) is 1. The van der Waals surface area contributed by atoms with Gasteiger partial charge in [0, 0.05) is 11.1 Å². The first-order valence-corrected chi connectivity index (χ1v) is 6.24. The summed E-state index contributed by atoms with van der Waals surface area (Å²) < 4.78 is 76.9. The summed E-state index contributed by atoms with van der Waals surface area (Å²) in [6, 6.07) is 0.552. The van der Waals surface area contributed by atoms with Gasteiger partial charge in [0.25, 0.3) is 0 Å². The van der Waals surface area contributed by atoms with Gasteiger partial charge in [-0.1, -0.05) is 20.8 Å². The van der Waals surface area contributed by atoms with Gasteiger partial charge in [0.05, 0.1) is 11.1 Å². The Bertz CT molecular complexity index is 581. The third-order valence-electron chi connectivity index (χ3n) is 2.97. The molecular weight excluding hydrogens is 312 g/mol. The first-order valence-electron chi connectivity index (χ1n) is 6.24. The maximum absolute atomic E-state index is 12.9. The maximum atomic E-state index is 12.9. The van der Waals surface area contributed by atoms with Crippen molar-refractivity contribution in [2.24, 2.45) is 5.41 Å². The molecule has 8 heteroatoms. The highest BCUT2D eigenvalue weighted by atomic mass is 19.4. The highest BCUT2D eigenvalue weighted by molar-refractivity contribution is 5.95. The van der Waals surface area contributed by atoms with Crippen molar-refractivity contribution in [3.8, 4) is 0 Å². The van der Waals surface area contributed by atoms with Gasteiger partial charge in [0.15, 0.2) is 0 Å². The number of amides is 1. The van der Waals surface area contributed by atoms with E-state index in [0.717, 1.165) is 6.92 Å². The molecule has 0 fully saturated rings. The van der Waals surface area contributed by atoms with E-state index in [2.05, 4.69) is 5.32 Å². The fourth-order valence-electron chi connectivity index (χ4n) is 1.61. The quantitative estimate of drug-likeness (QED) is 0.721. The Morgan fingerprint density at radius 3 is 1.82 bits per heavy atom. The number of carbonyl (C=O) groups excluding carboxylic acids is 1. The van der Waals surface area contributed by atoms with Gasteiger partial charge in [-0.25, -0.2) is 0 Å². The molecule has 0 aliphatic heterocycles. The number of hydrogen-bond donors (Lipinski definition) is 1. The van der Waals surface area contributed by atoms with E-state index in [-0.39, 0.29) is 6.07 Å². The minimum Gasteiger partial charge on any atom is -0.325 e. The molecule has 2 nitrogen and oxygen atoms in total. The van der Waals surface area contributed by atoms with Gasteiger partial charge in [0.1, 0.15) is 0 Å². The van der Waals surface area contributed by atoms with Crippen LogP contribution in [-0.4, -0.2) is 5.91 Å². The second kappa shape index (κ2) is 5.48. The Morgan fingerprint density at radius 2 is 1.45 bits per heavy atom. The molecule has 124 valence electrons. The van der Waals surface area contributed by atoms with E-state index < -0.39 is 46.1 Å². The highest BCUT2D eigenvalue weighted by Gasteiger charge is 2.39. The van der Waals surface area contributed by atoms with Crippen LogP contribution in [0.5, 0.6) is 0 Å². The van der Waals surface area contributed by atoms with Crippen LogP contribution in [0.2, 0.25) is 0 Å². The fourth-order valence-corrected chi connectivity index (χ4v) is 1.61. The lowest BCUT2D eigenvalue weighted by Gasteiger charge is -2.22. The normalized spacial score (nSPS) is 13.2. The van der Waals surface area contributed by atoms with E-state index in [4.69, 9.17) is 0 Å². The average molecular weight is 327 g/mol. The van der Waals surface area contributed by atoms with Crippen LogP contribution in [0.3, 0.4) is 0 Å². The summed E-state index contributed by atoms with van der Waals surface area (Å²) in [5, 5.41) is 2.14. The van der Waals surface area contributed by atoms with Gasteiger partial charge in [-0.05, 0) is 24.6 Å². The molecule has 0 saturated heterocycles. The van der Waals surface area contributed by atoms with Crippen molar-refractivity contribution >= 4 is 11.6 Å². The van der Waals surface area contributed by atoms with Gasteiger partial charge in [0.2, 0.25) is 5.91 Å². The SMILES string of the molecule is Cc1c(NC(=O)C(C)(C)C)cc(C(F)(F)F)cc1C(F)(F)F. The second-order valence-electron chi connectivity index (χ2n) is 5.90. The lowest BCUT2D eigenvalue weighted by Crippen LogP contribution is -2.28. The molecule has 0 heterocycles. The Kier molecular flexibility index (Phi) is 4.56. The van der Waals surface area contributed by atoms with Crippen LogP contribution in [0.15, 0.2) is 12.1 Å². The Labute approximate surface area is 123 Å². The van der Waals surface area contributed by atoms with Gasteiger partial charge < -0.3 is 5.32 Å². The van der Waals surface area contributed by atoms with Crippen LogP contribution in [0.1, 0.15) is 37.5 Å². The zero-order valence-corrected chi connectivity index (χ0v) is 12.3. The predicted molar refractivity (Wildman–Crippen MR) is 69.3 cm³/mol. The van der Waals surface area contributed by atoms with Crippen LogP contribution in [-0.2, 0) is 17.1 Å². The summed E-state index contributed by atoms with van der Waals surface area (Å²) in [4.78, 5) is 11.8. The molecule has 1 aromatic rings. The molecule has 0 unspecified atom stereocenters. The third-order valence-corrected chi connectivity index (χ3v) is 2.97. The molecule has 0 bridgehead atoms. The molecule has 1 amide bonds. The average Bonchev–Trinajstić information content (AvgIpc) is 2.27. The van der Waals surface area contributed by atoms with Crippen LogP contribution in [0.4, 0.5) is 32.0 Å². The van der Waals surface area contributed by atoms with E-state index in [0.29, 0.717) is 6.07 Å². The van der Waals surface area contributed by atoms with Crippen molar-refractivity contribution in [1.82, 2.24) is 0 Å². The lowest BCUT2D eigenvalue weighted by atomic mass is 9.94. The summed E-state index contributed by atoms with van der Waals surface area (Å²) in [6.45, 7) is 5.50. The molecule has 0 radical (unpaired) electrons. The molecule has 0 aliphatic rings. The summed E-state index contributed by atoms with van der Waals surface area (Å²) in [6.07, 6.45) is -9.90. The second-order valence-corrected chi connectivity index (χ2v) is 5.90. The molecule has 1 rings (SSSR count). The van der Waals surface area contributed by atoms with E-state index in [1.165, 1.54) is 20.8 Å². The third kappa shape index (κ3) is 4.14. The molecule has 0 spiro atoms.